The fourth-order valence-electron chi connectivity index (χ4n) is 3.56. The highest BCUT2D eigenvalue weighted by molar-refractivity contribution is 7.99. The number of hydrogen-bond donors (Lipinski definition) is 1. The van der Waals surface area contributed by atoms with Crippen molar-refractivity contribution in [3.63, 3.8) is 0 Å². The number of amides is 1. The number of hydrogen-bond acceptors (Lipinski definition) is 5. The number of anilines is 1. The van der Waals surface area contributed by atoms with Gasteiger partial charge in [0.1, 0.15) is 0 Å². The monoisotopic (exact) mass is 374 g/mol. The molecule has 2 aliphatic heterocycles. The first-order valence-electron chi connectivity index (χ1n) is 9.00. The van der Waals surface area contributed by atoms with Crippen molar-refractivity contribution in [1.29, 1.82) is 0 Å². The van der Waals surface area contributed by atoms with Gasteiger partial charge in [-0.3, -0.25) is 9.36 Å². The predicted molar refractivity (Wildman–Crippen MR) is 99.7 cm³/mol. The van der Waals surface area contributed by atoms with E-state index in [9.17, 15) is 9.59 Å². The lowest BCUT2D eigenvalue weighted by Gasteiger charge is -2.29. The largest absolute Gasteiger partial charge is 0.376 e. The lowest BCUT2D eigenvalue weighted by atomic mass is 10.0. The van der Waals surface area contributed by atoms with Gasteiger partial charge in [0.25, 0.3) is 0 Å². The van der Waals surface area contributed by atoms with Crippen LogP contribution in [-0.2, 0) is 22.5 Å². The van der Waals surface area contributed by atoms with Gasteiger partial charge < -0.3 is 9.64 Å². The van der Waals surface area contributed by atoms with Crippen LogP contribution in [0.5, 0.6) is 0 Å². The Bertz CT molecular complexity index is 841. The van der Waals surface area contributed by atoms with E-state index in [-0.39, 0.29) is 23.5 Å². The number of fused-ring (bicyclic) bond motifs is 1. The summed E-state index contributed by atoms with van der Waals surface area (Å²) in [5, 5.41) is 7.11. The van der Waals surface area contributed by atoms with E-state index in [4.69, 9.17) is 4.74 Å². The zero-order chi connectivity index (χ0) is 17.9. The first-order chi connectivity index (χ1) is 12.7. The third-order valence-electron chi connectivity index (χ3n) is 4.87. The van der Waals surface area contributed by atoms with Crippen LogP contribution >= 0.6 is 11.8 Å². The first kappa shape index (κ1) is 17.4. The van der Waals surface area contributed by atoms with Crippen molar-refractivity contribution in [1.82, 2.24) is 14.8 Å². The highest BCUT2D eigenvalue weighted by atomic mass is 32.2. The summed E-state index contributed by atoms with van der Waals surface area (Å²) < 4.78 is 7.19. The van der Waals surface area contributed by atoms with E-state index in [0.29, 0.717) is 11.7 Å². The standard InChI is InChI=1S/C18H22N4O3S/c23-16(21-9-3-6-13-5-1-2-8-15(13)21)12-26-18-20-19-17(24)22(18)11-14-7-4-10-25-14/h1-2,5,8,14H,3-4,6-7,9-12H2,(H,19,24). The molecule has 3 heterocycles. The van der Waals surface area contributed by atoms with Gasteiger partial charge in [0.2, 0.25) is 5.91 Å². The Morgan fingerprint density at radius 1 is 1.35 bits per heavy atom. The fourth-order valence-corrected chi connectivity index (χ4v) is 4.40. The smallest absolute Gasteiger partial charge is 0.344 e. The van der Waals surface area contributed by atoms with Crippen molar-refractivity contribution in [3.8, 4) is 0 Å². The van der Waals surface area contributed by atoms with E-state index in [1.807, 2.05) is 23.1 Å². The molecule has 2 aliphatic rings. The Balaban J connectivity index is 1.43. The Hall–Kier alpha value is -2.06. The van der Waals surface area contributed by atoms with E-state index in [1.165, 1.54) is 17.3 Å². The van der Waals surface area contributed by atoms with Gasteiger partial charge in [-0.05, 0) is 37.3 Å². The molecule has 8 heteroatoms. The number of aromatic nitrogens is 3. The highest BCUT2D eigenvalue weighted by Gasteiger charge is 2.24. The summed E-state index contributed by atoms with van der Waals surface area (Å²) in [6.45, 7) is 1.96. The average molecular weight is 374 g/mol. The number of aromatic amines is 1. The van der Waals surface area contributed by atoms with E-state index in [2.05, 4.69) is 16.3 Å². The second-order valence-electron chi connectivity index (χ2n) is 6.62. The fraction of sp³-hybridized carbons (Fsp3) is 0.500. The van der Waals surface area contributed by atoms with Crippen molar-refractivity contribution in [2.45, 2.75) is 43.5 Å². The van der Waals surface area contributed by atoms with Gasteiger partial charge in [-0.25, -0.2) is 9.89 Å². The van der Waals surface area contributed by atoms with Crippen LogP contribution in [0.2, 0.25) is 0 Å². The molecule has 2 aromatic rings. The Morgan fingerprint density at radius 2 is 2.23 bits per heavy atom. The molecule has 26 heavy (non-hydrogen) atoms. The van der Waals surface area contributed by atoms with Crippen molar-refractivity contribution in [2.75, 3.05) is 23.8 Å². The number of carbonyl (C=O) groups is 1. The second kappa shape index (κ2) is 7.67. The number of thioether (sulfide) groups is 1. The van der Waals surface area contributed by atoms with Crippen molar-refractivity contribution < 1.29 is 9.53 Å². The summed E-state index contributed by atoms with van der Waals surface area (Å²) in [4.78, 5) is 26.6. The molecule has 4 rings (SSSR count). The van der Waals surface area contributed by atoms with Crippen LogP contribution in [0.1, 0.15) is 24.8 Å². The van der Waals surface area contributed by atoms with E-state index in [1.54, 1.807) is 4.57 Å². The molecule has 0 aliphatic carbocycles. The average Bonchev–Trinajstić information content (AvgIpc) is 3.30. The third kappa shape index (κ3) is 3.57. The molecule has 0 radical (unpaired) electrons. The van der Waals surface area contributed by atoms with Crippen LogP contribution < -0.4 is 10.6 Å². The van der Waals surface area contributed by atoms with Crippen LogP contribution in [0.3, 0.4) is 0 Å². The summed E-state index contributed by atoms with van der Waals surface area (Å²) in [7, 11) is 0. The van der Waals surface area contributed by atoms with Crippen molar-refractivity contribution in [3.05, 3.63) is 40.3 Å². The molecule has 1 aromatic heterocycles. The quantitative estimate of drug-likeness (QED) is 0.808. The second-order valence-corrected chi connectivity index (χ2v) is 7.57. The number of rotatable bonds is 5. The van der Waals surface area contributed by atoms with Crippen LogP contribution in [0, 0.1) is 0 Å². The lowest BCUT2D eigenvalue weighted by molar-refractivity contribution is -0.116. The molecule has 0 spiro atoms. The molecule has 7 nitrogen and oxygen atoms in total. The molecule has 0 bridgehead atoms. The van der Waals surface area contributed by atoms with Crippen LogP contribution in [0.4, 0.5) is 5.69 Å². The maximum absolute atomic E-state index is 12.8. The maximum atomic E-state index is 12.8. The lowest BCUT2D eigenvalue weighted by Crippen LogP contribution is -2.36. The highest BCUT2D eigenvalue weighted by Crippen LogP contribution is 2.28. The minimum atomic E-state index is -0.251. The van der Waals surface area contributed by atoms with Gasteiger partial charge in [-0.2, -0.15) is 0 Å². The molecule has 138 valence electrons. The summed E-state index contributed by atoms with van der Waals surface area (Å²) in [5.74, 6) is 0.297. The SMILES string of the molecule is O=C(CSc1n[nH]c(=O)n1CC1CCCO1)N1CCCc2ccccc21. The van der Waals surface area contributed by atoms with Crippen LogP contribution in [0.25, 0.3) is 0 Å². The third-order valence-corrected chi connectivity index (χ3v) is 5.83. The molecule has 0 saturated carbocycles. The predicted octanol–water partition coefficient (Wildman–Crippen LogP) is 1.82. The Labute approximate surface area is 155 Å². The number of aryl methyl sites for hydroxylation is 1. The maximum Gasteiger partial charge on any atom is 0.344 e. The number of nitrogens with zero attached hydrogens (tertiary/aromatic N) is 3. The molecule has 1 saturated heterocycles. The zero-order valence-corrected chi connectivity index (χ0v) is 15.3. The van der Waals surface area contributed by atoms with Gasteiger partial charge in [-0.15, -0.1) is 5.10 Å². The number of benzene rings is 1. The van der Waals surface area contributed by atoms with Crippen molar-refractivity contribution >= 4 is 23.4 Å². The number of para-hydroxylation sites is 1. The summed E-state index contributed by atoms with van der Waals surface area (Å²) in [6, 6.07) is 8.05. The molecule has 1 fully saturated rings. The summed E-state index contributed by atoms with van der Waals surface area (Å²) in [5.41, 5.74) is 1.97. The van der Waals surface area contributed by atoms with Gasteiger partial charge >= 0.3 is 5.69 Å². The van der Waals surface area contributed by atoms with Gasteiger partial charge in [-0.1, -0.05) is 30.0 Å². The van der Waals surface area contributed by atoms with E-state index in [0.717, 1.165) is 44.5 Å². The molecular weight excluding hydrogens is 352 g/mol. The number of carbonyl (C=O) groups excluding carboxylic acids is 1. The summed E-state index contributed by atoms with van der Waals surface area (Å²) in [6.07, 6.45) is 4.00. The molecule has 1 aromatic carbocycles. The number of nitrogens with one attached hydrogen (secondary N) is 1. The van der Waals surface area contributed by atoms with E-state index >= 15 is 0 Å². The molecule has 1 amide bonds. The van der Waals surface area contributed by atoms with Crippen molar-refractivity contribution in [2.24, 2.45) is 0 Å². The Kier molecular flexibility index (Phi) is 5.12. The van der Waals surface area contributed by atoms with Gasteiger partial charge in [0, 0.05) is 18.8 Å². The molecular formula is C18H22N4O3S. The number of H-pyrrole nitrogens is 1. The normalized spacial score (nSPS) is 19.5. The molecule has 1 atom stereocenters. The Morgan fingerprint density at radius 3 is 3.08 bits per heavy atom. The minimum absolute atomic E-state index is 0.0428. The summed E-state index contributed by atoms with van der Waals surface area (Å²) >= 11 is 1.30. The van der Waals surface area contributed by atoms with Gasteiger partial charge in [0.15, 0.2) is 5.16 Å². The van der Waals surface area contributed by atoms with E-state index < -0.39 is 0 Å². The zero-order valence-electron chi connectivity index (χ0n) is 14.5. The first-order valence-corrected chi connectivity index (χ1v) is 9.99. The van der Waals surface area contributed by atoms with Crippen LogP contribution in [0.15, 0.2) is 34.2 Å². The minimum Gasteiger partial charge on any atom is -0.376 e. The molecule has 1 N–H and O–H groups in total. The van der Waals surface area contributed by atoms with Crippen LogP contribution in [-0.4, -0.2) is 45.7 Å². The molecule has 1 unspecified atom stereocenters. The number of ether oxygens (including phenoxy) is 1. The van der Waals surface area contributed by atoms with Gasteiger partial charge in [0.05, 0.1) is 18.4 Å². The topological polar surface area (TPSA) is 80.2 Å².